The van der Waals surface area contributed by atoms with Crippen LogP contribution < -0.4 is 5.19 Å². The number of rotatable bonds is 6. The van der Waals surface area contributed by atoms with Gasteiger partial charge in [-0.15, -0.1) is 0 Å². The molecule has 118 valence electrons. The van der Waals surface area contributed by atoms with E-state index in [1.807, 2.05) is 30.3 Å². The van der Waals surface area contributed by atoms with E-state index in [1.54, 1.807) is 0 Å². The molecule has 0 aliphatic rings. The Morgan fingerprint density at radius 3 is 2.29 bits per heavy atom. The Balaban J connectivity index is 0.000000562. The molecule has 0 spiro atoms. The third kappa shape index (κ3) is 8.39. The molecule has 2 nitrogen and oxygen atoms in total. The van der Waals surface area contributed by atoms with E-state index in [9.17, 15) is 0 Å². The van der Waals surface area contributed by atoms with Crippen molar-refractivity contribution in [1.29, 1.82) is 0 Å². The van der Waals surface area contributed by atoms with Gasteiger partial charge in [0.05, 0.1) is 8.07 Å². The van der Waals surface area contributed by atoms with Crippen LogP contribution in [0.3, 0.4) is 0 Å². The van der Waals surface area contributed by atoms with Crippen molar-refractivity contribution in [1.82, 2.24) is 0 Å². The van der Waals surface area contributed by atoms with Crippen molar-refractivity contribution in [3.05, 3.63) is 54.1 Å². The monoisotopic (exact) mass is 346 g/mol. The standard InChI is InChI=1S/C12H21O2Si.C5H5.Fe/c1-15(2,3)12-7-4-6-11(12)10-14-9-5-8-13;1-2-4-5-3-1;/h4,6-7,13H,5,8-10H2,1-3H3;1-5H;/q2*-1;+2. The quantitative estimate of drug-likeness (QED) is 0.494. The molecule has 0 heterocycles. The van der Waals surface area contributed by atoms with E-state index in [2.05, 4.69) is 37.8 Å². The minimum atomic E-state index is -1.22. The zero-order chi connectivity index (χ0) is 14.8. The Bertz CT molecular complexity index is 426. The molecule has 0 radical (unpaired) electrons. The molecule has 0 aliphatic carbocycles. The second-order valence-corrected chi connectivity index (χ2v) is 10.8. The minimum Gasteiger partial charge on any atom is -0.396 e. The van der Waals surface area contributed by atoms with E-state index in [0.717, 1.165) is 6.42 Å². The number of aliphatic hydroxyl groups excluding tert-OH is 1. The van der Waals surface area contributed by atoms with Gasteiger partial charge in [-0.1, -0.05) is 19.6 Å². The van der Waals surface area contributed by atoms with Crippen molar-refractivity contribution < 1.29 is 26.9 Å². The molecule has 1 N–H and O–H groups in total. The van der Waals surface area contributed by atoms with E-state index < -0.39 is 8.07 Å². The third-order valence-corrected chi connectivity index (χ3v) is 5.08. The molecule has 0 saturated carbocycles. The molecule has 2 aromatic rings. The molecular weight excluding hydrogens is 320 g/mol. The fraction of sp³-hybridized carbons (Fsp3) is 0.412. The first kappa shape index (κ1) is 20.4. The first-order valence-corrected chi connectivity index (χ1v) is 10.7. The van der Waals surface area contributed by atoms with Crippen LogP contribution in [0.25, 0.3) is 0 Å². The van der Waals surface area contributed by atoms with Crippen LogP contribution in [-0.4, -0.2) is 26.4 Å². The molecule has 0 unspecified atom stereocenters. The summed E-state index contributed by atoms with van der Waals surface area (Å²) >= 11 is 0. The van der Waals surface area contributed by atoms with Crippen molar-refractivity contribution in [2.75, 3.05) is 13.2 Å². The Kier molecular flexibility index (Phi) is 10.7. The molecule has 21 heavy (non-hydrogen) atoms. The smallest absolute Gasteiger partial charge is 0.396 e. The maximum atomic E-state index is 8.63. The fourth-order valence-electron chi connectivity index (χ4n) is 1.98. The molecule has 0 aliphatic heterocycles. The zero-order valence-electron chi connectivity index (χ0n) is 13.2. The summed E-state index contributed by atoms with van der Waals surface area (Å²) in [6.45, 7) is 8.58. The van der Waals surface area contributed by atoms with Gasteiger partial charge in [0, 0.05) is 19.8 Å². The van der Waals surface area contributed by atoms with Gasteiger partial charge in [-0.3, -0.25) is 0 Å². The summed E-state index contributed by atoms with van der Waals surface area (Å²) in [5.41, 5.74) is 1.33. The molecule has 0 aromatic heterocycles. The molecule has 0 atom stereocenters. The number of hydrogen-bond acceptors (Lipinski definition) is 2. The van der Waals surface area contributed by atoms with E-state index in [-0.39, 0.29) is 23.7 Å². The van der Waals surface area contributed by atoms with Gasteiger partial charge in [-0.05, 0) is 6.42 Å². The first-order chi connectivity index (χ1) is 9.55. The van der Waals surface area contributed by atoms with E-state index in [0.29, 0.717) is 13.2 Å². The van der Waals surface area contributed by atoms with Gasteiger partial charge in [0.2, 0.25) is 0 Å². The summed E-state index contributed by atoms with van der Waals surface area (Å²) in [6.07, 6.45) is 0.725. The zero-order valence-corrected chi connectivity index (χ0v) is 15.3. The normalized spacial score (nSPS) is 10.5. The number of hydrogen-bond donors (Lipinski definition) is 1. The van der Waals surface area contributed by atoms with E-state index in [4.69, 9.17) is 9.84 Å². The van der Waals surface area contributed by atoms with Crippen molar-refractivity contribution >= 4 is 13.3 Å². The topological polar surface area (TPSA) is 29.5 Å². The average molecular weight is 346 g/mol. The van der Waals surface area contributed by atoms with Gasteiger partial charge in [0.25, 0.3) is 0 Å². The summed E-state index contributed by atoms with van der Waals surface area (Å²) in [4.78, 5) is 0. The van der Waals surface area contributed by atoms with Crippen LogP contribution in [0.1, 0.15) is 12.0 Å². The molecule has 0 fully saturated rings. The second kappa shape index (κ2) is 11.0. The molecule has 2 aromatic carbocycles. The van der Waals surface area contributed by atoms with Crippen LogP contribution in [0.15, 0.2) is 48.5 Å². The molecule has 0 bridgehead atoms. The van der Waals surface area contributed by atoms with Crippen LogP contribution in [0.5, 0.6) is 0 Å². The summed E-state index contributed by atoms with van der Waals surface area (Å²) in [7, 11) is -1.22. The van der Waals surface area contributed by atoms with Crippen LogP contribution in [0.4, 0.5) is 0 Å². The van der Waals surface area contributed by atoms with E-state index in [1.165, 1.54) is 10.8 Å². The predicted molar refractivity (Wildman–Crippen MR) is 88.4 cm³/mol. The van der Waals surface area contributed by atoms with Crippen LogP contribution in [0, 0.1) is 0 Å². The van der Waals surface area contributed by atoms with E-state index >= 15 is 0 Å². The Labute approximate surface area is 140 Å². The third-order valence-electron chi connectivity index (χ3n) is 2.97. The van der Waals surface area contributed by atoms with Gasteiger partial charge in [-0.25, -0.2) is 18.2 Å². The Hall–Kier alpha value is -0.644. The summed E-state index contributed by atoms with van der Waals surface area (Å²) in [6, 6.07) is 16.5. The predicted octanol–water partition coefficient (Wildman–Crippen LogP) is 3.25. The molecule has 0 amide bonds. The van der Waals surface area contributed by atoms with Crippen molar-refractivity contribution in [3.8, 4) is 0 Å². The molecule has 2 rings (SSSR count). The summed E-state index contributed by atoms with van der Waals surface area (Å²) < 4.78 is 5.52. The second-order valence-electron chi connectivity index (χ2n) is 5.81. The summed E-state index contributed by atoms with van der Waals surface area (Å²) in [5.74, 6) is 0. The first-order valence-electron chi connectivity index (χ1n) is 7.16. The SMILES string of the molecule is C[Si](C)(C)c1[cH-]ccc1COCCCO.[Fe+2].c1cc[cH-]c1. The van der Waals surface area contributed by atoms with Gasteiger partial charge in [-0.2, -0.15) is 41.1 Å². The maximum Gasteiger partial charge on any atom is 2.00 e. The molecule has 0 saturated heterocycles. The molecule has 4 heteroatoms. The van der Waals surface area contributed by atoms with Crippen molar-refractivity contribution in [2.45, 2.75) is 32.7 Å². The van der Waals surface area contributed by atoms with Crippen LogP contribution in [-0.2, 0) is 28.4 Å². The minimum absolute atomic E-state index is 0. The van der Waals surface area contributed by atoms with Crippen LogP contribution in [0.2, 0.25) is 19.6 Å². The van der Waals surface area contributed by atoms with Crippen molar-refractivity contribution in [2.24, 2.45) is 0 Å². The average Bonchev–Trinajstić information content (AvgIpc) is 3.07. The van der Waals surface area contributed by atoms with Gasteiger partial charge < -0.3 is 9.84 Å². The van der Waals surface area contributed by atoms with Gasteiger partial charge in [0.1, 0.15) is 0 Å². The summed E-state index contributed by atoms with van der Waals surface area (Å²) in [5, 5.41) is 10.1. The largest absolute Gasteiger partial charge is 2.00 e. The fourth-order valence-corrected chi connectivity index (χ4v) is 3.70. The number of ether oxygens (including phenoxy) is 1. The van der Waals surface area contributed by atoms with Gasteiger partial charge >= 0.3 is 17.1 Å². The van der Waals surface area contributed by atoms with Crippen molar-refractivity contribution in [3.63, 3.8) is 0 Å². The Morgan fingerprint density at radius 2 is 1.81 bits per heavy atom. The molecular formula is C17H26FeO2Si. The Morgan fingerprint density at radius 1 is 1.14 bits per heavy atom. The van der Waals surface area contributed by atoms with Crippen LogP contribution >= 0.6 is 0 Å². The van der Waals surface area contributed by atoms with Gasteiger partial charge in [0.15, 0.2) is 0 Å². The maximum absolute atomic E-state index is 8.63. The number of aliphatic hydroxyl groups is 1.